The van der Waals surface area contributed by atoms with Gasteiger partial charge in [-0.1, -0.05) is 19.3 Å². The Bertz CT molecular complexity index is 493. The van der Waals surface area contributed by atoms with Crippen LogP contribution in [-0.2, 0) is 13.6 Å². The second kappa shape index (κ2) is 10.9. The van der Waals surface area contributed by atoms with Gasteiger partial charge in [0.2, 0.25) is 0 Å². The van der Waals surface area contributed by atoms with E-state index in [-0.39, 0.29) is 36.0 Å². The summed E-state index contributed by atoms with van der Waals surface area (Å²) < 4.78 is 1.74. The molecule has 138 valence electrons. The lowest BCUT2D eigenvalue weighted by Crippen LogP contribution is -2.45. The number of guanidine groups is 1. The van der Waals surface area contributed by atoms with Gasteiger partial charge in [0.05, 0.1) is 0 Å². The minimum atomic E-state index is 0. The molecule has 1 aromatic heterocycles. The molecule has 1 fully saturated rings. The van der Waals surface area contributed by atoms with Gasteiger partial charge < -0.3 is 15.7 Å². The van der Waals surface area contributed by atoms with Gasteiger partial charge in [-0.3, -0.25) is 4.68 Å². The van der Waals surface area contributed by atoms with Gasteiger partial charge >= 0.3 is 0 Å². The molecule has 24 heavy (non-hydrogen) atoms. The van der Waals surface area contributed by atoms with Gasteiger partial charge in [-0.05, 0) is 31.6 Å². The van der Waals surface area contributed by atoms with Crippen molar-refractivity contribution in [3.05, 3.63) is 12.2 Å². The number of aliphatic imine (C=N–C) groups is 1. The Kier molecular flexibility index (Phi) is 9.57. The van der Waals surface area contributed by atoms with E-state index in [4.69, 9.17) is 0 Å². The van der Waals surface area contributed by atoms with Gasteiger partial charge in [-0.15, -0.1) is 24.0 Å². The number of rotatable bonds is 7. The fraction of sp³-hybridized carbons (Fsp3) is 0.812. The summed E-state index contributed by atoms with van der Waals surface area (Å²) in [4.78, 5) is 8.80. The van der Waals surface area contributed by atoms with Crippen molar-refractivity contribution in [2.75, 3.05) is 19.7 Å². The summed E-state index contributed by atoms with van der Waals surface area (Å²) in [5.74, 6) is 1.64. The van der Waals surface area contributed by atoms with Crippen molar-refractivity contribution >= 4 is 29.9 Å². The standard InChI is InChI=1S/C16H30N6O.HI/c1-3-17-15(18-11-14-20-13-21-22(14)2)19-12-16(9-10-23)7-5-4-6-8-16;/h13,23H,3-12H2,1-2H3,(H2,17,18,19);1H. The molecule has 0 aromatic carbocycles. The second-order valence-electron chi connectivity index (χ2n) is 6.38. The molecule has 1 aliphatic carbocycles. The first-order valence-electron chi connectivity index (χ1n) is 8.65. The number of nitrogens with zero attached hydrogens (tertiary/aromatic N) is 4. The summed E-state index contributed by atoms with van der Waals surface area (Å²) in [5, 5.41) is 20.2. The fourth-order valence-corrected chi connectivity index (χ4v) is 3.28. The second-order valence-corrected chi connectivity index (χ2v) is 6.38. The maximum absolute atomic E-state index is 9.42. The molecule has 1 aliphatic rings. The number of nitrogens with one attached hydrogen (secondary N) is 2. The number of aliphatic hydroxyl groups excluding tert-OH is 1. The first-order chi connectivity index (χ1) is 11.2. The molecule has 0 aliphatic heterocycles. The highest BCUT2D eigenvalue weighted by molar-refractivity contribution is 14.0. The molecule has 0 amide bonds. The lowest BCUT2D eigenvalue weighted by Gasteiger charge is -2.37. The largest absolute Gasteiger partial charge is 0.396 e. The molecule has 0 radical (unpaired) electrons. The third-order valence-electron chi connectivity index (χ3n) is 4.72. The number of aryl methyl sites for hydroxylation is 1. The highest BCUT2D eigenvalue weighted by Crippen LogP contribution is 2.38. The maximum Gasteiger partial charge on any atom is 0.191 e. The predicted octanol–water partition coefficient (Wildman–Crippen LogP) is 1.82. The number of aromatic nitrogens is 3. The quantitative estimate of drug-likeness (QED) is 0.335. The molecule has 0 bridgehead atoms. The van der Waals surface area contributed by atoms with Crippen LogP contribution in [0.15, 0.2) is 11.3 Å². The normalized spacial score (nSPS) is 17.2. The van der Waals surface area contributed by atoms with Crippen LogP contribution in [0.4, 0.5) is 0 Å². The van der Waals surface area contributed by atoms with Crippen LogP contribution in [0.25, 0.3) is 0 Å². The maximum atomic E-state index is 9.42. The first kappa shape index (κ1) is 21.1. The zero-order valence-electron chi connectivity index (χ0n) is 14.8. The molecular formula is C16H31IN6O. The predicted molar refractivity (Wildman–Crippen MR) is 106 cm³/mol. The Labute approximate surface area is 161 Å². The average Bonchev–Trinajstić information content (AvgIpc) is 2.96. The lowest BCUT2D eigenvalue weighted by atomic mass is 9.72. The van der Waals surface area contributed by atoms with Crippen LogP contribution in [0.1, 0.15) is 51.3 Å². The minimum absolute atomic E-state index is 0. The first-order valence-corrected chi connectivity index (χ1v) is 8.65. The summed E-state index contributed by atoms with van der Waals surface area (Å²) in [6.45, 7) is 4.49. The van der Waals surface area contributed by atoms with Crippen LogP contribution in [0.2, 0.25) is 0 Å². The molecule has 3 N–H and O–H groups in total. The molecule has 0 unspecified atom stereocenters. The van der Waals surface area contributed by atoms with Crippen molar-refractivity contribution in [1.82, 2.24) is 25.4 Å². The van der Waals surface area contributed by atoms with E-state index < -0.39 is 0 Å². The molecule has 1 heterocycles. The van der Waals surface area contributed by atoms with E-state index in [1.54, 1.807) is 11.0 Å². The monoisotopic (exact) mass is 450 g/mol. The summed E-state index contributed by atoms with van der Waals surface area (Å²) in [6.07, 6.45) is 8.61. The molecule has 2 rings (SSSR count). The van der Waals surface area contributed by atoms with Crippen LogP contribution >= 0.6 is 24.0 Å². The van der Waals surface area contributed by atoms with Gasteiger partial charge in [-0.25, -0.2) is 9.98 Å². The van der Waals surface area contributed by atoms with E-state index in [0.29, 0.717) is 6.54 Å². The highest BCUT2D eigenvalue weighted by Gasteiger charge is 2.31. The highest BCUT2D eigenvalue weighted by atomic mass is 127. The fourth-order valence-electron chi connectivity index (χ4n) is 3.28. The Morgan fingerprint density at radius 1 is 1.33 bits per heavy atom. The van der Waals surface area contributed by atoms with E-state index in [9.17, 15) is 5.11 Å². The van der Waals surface area contributed by atoms with Gasteiger partial charge in [0.25, 0.3) is 0 Å². The lowest BCUT2D eigenvalue weighted by molar-refractivity contribution is 0.131. The van der Waals surface area contributed by atoms with Gasteiger partial charge in [-0.2, -0.15) is 5.10 Å². The topological polar surface area (TPSA) is 87.4 Å². The smallest absolute Gasteiger partial charge is 0.191 e. The number of hydrogen-bond acceptors (Lipinski definition) is 4. The molecular weight excluding hydrogens is 419 g/mol. The SMILES string of the molecule is CCNC(=NCc1ncnn1C)NCC1(CCO)CCCCC1.I. The van der Waals surface area contributed by atoms with Crippen LogP contribution in [0.3, 0.4) is 0 Å². The molecule has 0 atom stereocenters. The van der Waals surface area contributed by atoms with E-state index in [1.165, 1.54) is 32.1 Å². The van der Waals surface area contributed by atoms with Crippen molar-refractivity contribution in [2.24, 2.45) is 17.5 Å². The van der Waals surface area contributed by atoms with Crippen LogP contribution in [0, 0.1) is 5.41 Å². The number of hydrogen-bond donors (Lipinski definition) is 3. The summed E-state index contributed by atoms with van der Waals surface area (Å²) in [5.41, 5.74) is 0.202. The van der Waals surface area contributed by atoms with Gasteiger partial charge in [0, 0.05) is 26.7 Å². The van der Waals surface area contributed by atoms with Crippen LogP contribution in [-0.4, -0.2) is 45.5 Å². The zero-order valence-corrected chi connectivity index (χ0v) is 17.1. The van der Waals surface area contributed by atoms with E-state index >= 15 is 0 Å². The van der Waals surface area contributed by atoms with E-state index in [2.05, 4.69) is 32.6 Å². The number of halogens is 1. The minimum Gasteiger partial charge on any atom is -0.396 e. The number of aliphatic hydroxyl groups is 1. The van der Waals surface area contributed by atoms with Crippen molar-refractivity contribution in [1.29, 1.82) is 0 Å². The molecule has 7 nitrogen and oxygen atoms in total. The van der Waals surface area contributed by atoms with Crippen molar-refractivity contribution in [3.8, 4) is 0 Å². The zero-order chi connectivity index (χ0) is 16.5. The Morgan fingerprint density at radius 2 is 2.08 bits per heavy atom. The summed E-state index contributed by atoms with van der Waals surface area (Å²) in [7, 11) is 1.87. The molecule has 0 spiro atoms. The third kappa shape index (κ3) is 6.19. The van der Waals surface area contributed by atoms with Crippen molar-refractivity contribution < 1.29 is 5.11 Å². The van der Waals surface area contributed by atoms with E-state index in [1.807, 2.05) is 7.05 Å². The van der Waals surface area contributed by atoms with Gasteiger partial charge in [0.1, 0.15) is 18.7 Å². The van der Waals surface area contributed by atoms with Crippen molar-refractivity contribution in [3.63, 3.8) is 0 Å². The third-order valence-corrected chi connectivity index (χ3v) is 4.72. The van der Waals surface area contributed by atoms with Crippen LogP contribution in [0.5, 0.6) is 0 Å². The molecule has 8 heteroatoms. The van der Waals surface area contributed by atoms with Gasteiger partial charge in [0.15, 0.2) is 5.96 Å². The summed E-state index contributed by atoms with van der Waals surface area (Å²) >= 11 is 0. The Balaban J connectivity index is 0.00000288. The summed E-state index contributed by atoms with van der Waals surface area (Å²) in [6, 6.07) is 0. The molecule has 1 aromatic rings. The Hall–Kier alpha value is -0.900. The van der Waals surface area contributed by atoms with Crippen LogP contribution < -0.4 is 10.6 Å². The molecule has 1 saturated carbocycles. The van der Waals surface area contributed by atoms with E-state index in [0.717, 1.165) is 31.3 Å². The molecule has 0 saturated heterocycles. The average molecular weight is 450 g/mol. The van der Waals surface area contributed by atoms with Crippen molar-refractivity contribution in [2.45, 2.75) is 52.0 Å². The Morgan fingerprint density at radius 3 is 2.67 bits per heavy atom.